The first-order chi connectivity index (χ1) is 7.40. The van der Waals surface area contributed by atoms with Crippen LogP contribution in [0.5, 0.6) is 11.5 Å². The monoisotopic (exact) mass is 199 g/mol. The van der Waals surface area contributed by atoms with Gasteiger partial charge in [-0.15, -0.1) is 0 Å². The van der Waals surface area contributed by atoms with Crippen LogP contribution in [-0.4, -0.2) is 11.3 Å². The summed E-state index contributed by atoms with van der Waals surface area (Å²) in [4.78, 5) is 14.6. The molecule has 2 rings (SSSR count). The van der Waals surface area contributed by atoms with Crippen LogP contribution in [0.2, 0.25) is 0 Å². The molecular weight excluding hydrogens is 190 g/mol. The maximum Gasteiger partial charge on any atom is 0.153 e. The lowest BCUT2D eigenvalue weighted by molar-refractivity contribution is 0.112. The third-order valence-corrected chi connectivity index (χ3v) is 1.92. The van der Waals surface area contributed by atoms with Crippen molar-refractivity contribution in [2.45, 2.75) is 0 Å². The first-order valence-corrected chi connectivity index (χ1v) is 4.52. The molecule has 0 spiro atoms. The van der Waals surface area contributed by atoms with Crippen LogP contribution in [0.4, 0.5) is 0 Å². The summed E-state index contributed by atoms with van der Waals surface area (Å²) in [5.41, 5.74) is 0.536. The topological polar surface area (TPSA) is 39.2 Å². The average Bonchev–Trinajstić information content (AvgIpc) is 2.31. The van der Waals surface area contributed by atoms with E-state index in [4.69, 9.17) is 4.74 Å². The fourth-order valence-electron chi connectivity index (χ4n) is 1.20. The van der Waals surface area contributed by atoms with Crippen LogP contribution in [0.1, 0.15) is 10.4 Å². The fourth-order valence-corrected chi connectivity index (χ4v) is 1.20. The first kappa shape index (κ1) is 9.40. The summed E-state index contributed by atoms with van der Waals surface area (Å²) in [7, 11) is 0. The smallest absolute Gasteiger partial charge is 0.153 e. The second-order valence-electron chi connectivity index (χ2n) is 2.94. The van der Waals surface area contributed by atoms with E-state index >= 15 is 0 Å². The molecule has 74 valence electrons. The number of ether oxygens (including phenoxy) is 1. The number of carbonyl (C=O) groups is 1. The number of aromatic nitrogens is 1. The van der Waals surface area contributed by atoms with Crippen molar-refractivity contribution in [1.82, 2.24) is 4.98 Å². The van der Waals surface area contributed by atoms with Crippen molar-refractivity contribution in [2.75, 3.05) is 0 Å². The van der Waals surface area contributed by atoms with E-state index < -0.39 is 0 Å². The number of rotatable bonds is 3. The van der Waals surface area contributed by atoms with Crippen LogP contribution >= 0.6 is 0 Å². The number of aldehydes is 1. The van der Waals surface area contributed by atoms with E-state index in [0.29, 0.717) is 17.1 Å². The SMILES string of the molecule is O=Cc1ccccc1Oc1ccncc1. The van der Waals surface area contributed by atoms with E-state index in [1.807, 2.05) is 6.07 Å². The number of hydrogen-bond donors (Lipinski definition) is 0. The third kappa shape index (κ3) is 2.20. The van der Waals surface area contributed by atoms with E-state index in [9.17, 15) is 4.79 Å². The van der Waals surface area contributed by atoms with Crippen LogP contribution in [0, 0.1) is 0 Å². The maximum atomic E-state index is 10.7. The van der Waals surface area contributed by atoms with Gasteiger partial charge in [0.2, 0.25) is 0 Å². The lowest BCUT2D eigenvalue weighted by Crippen LogP contribution is -1.89. The van der Waals surface area contributed by atoms with Crippen LogP contribution in [0.15, 0.2) is 48.8 Å². The Bertz CT molecular complexity index is 454. The van der Waals surface area contributed by atoms with Gasteiger partial charge in [-0.1, -0.05) is 12.1 Å². The quantitative estimate of drug-likeness (QED) is 0.713. The van der Waals surface area contributed by atoms with Crippen molar-refractivity contribution in [3.8, 4) is 11.5 Å². The van der Waals surface area contributed by atoms with Gasteiger partial charge in [0.05, 0.1) is 5.56 Å². The average molecular weight is 199 g/mol. The molecule has 0 unspecified atom stereocenters. The minimum Gasteiger partial charge on any atom is -0.457 e. The number of benzene rings is 1. The summed E-state index contributed by atoms with van der Waals surface area (Å²) in [6, 6.07) is 10.6. The van der Waals surface area contributed by atoms with E-state index in [0.717, 1.165) is 6.29 Å². The first-order valence-electron chi connectivity index (χ1n) is 4.52. The predicted octanol–water partition coefficient (Wildman–Crippen LogP) is 2.69. The molecule has 3 heteroatoms. The van der Waals surface area contributed by atoms with Gasteiger partial charge >= 0.3 is 0 Å². The highest BCUT2D eigenvalue weighted by atomic mass is 16.5. The van der Waals surface area contributed by atoms with Gasteiger partial charge in [0.15, 0.2) is 6.29 Å². The van der Waals surface area contributed by atoms with Crippen molar-refractivity contribution >= 4 is 6.29 Å². The molecular formula is C12H9NO2. The van der Waals surface area contributed by atoms with Crippen molar-refractivity contribution in [3.63, 3.8) is 0 Å². The van der Waals surface area contributed by atoms with E-state index in [1.165, 1.54) is 0 Å². The van der Waals surface area contributed by atoms with E-state index in [1.54, 1.807) is 42.7 Å². The number of nitrogens with zero attached hydrogens (tertiary/aromatic N) is 1. The highest BCUT2D eigenvalue weighted by Gasteiger charge is 2.01. The molecule has 0 bridgehead atoms. The summed E-state index contributed by atoms with van der Waals surface area (Å²) in [6.45, 7) is 0. The maximum absolute atomic E-state index is 10.7. The van der Waals surface area contributed by atoms with Gasteiger partial charge in [0.25, 0.3) is 0 Å². The summed E-state index contributed by atoms with van der Waals surface area (Å²) in [5.74, 6) is 1.22. The Balaban J connectivity index is 2.28. The summed E-state index contributed by atoms with van der Waals surface area (Å²) >= 11 is 0. The highest BCUT2D eigenvalue weighted by Crippen LogP contribution is 2.22. The minimum atomic E-state index is 0.536. The van der Waals surface area contributed by atoms with Gasteiger partial charge < -0.3 is 4.74 Å². The highest BCUT2D eigenvalue weighted by molar-refractivity contribution is 5.79. The molecule has 0 radical (unpaired) electrons. The number of carbonyl (C=O) groups excluding carboxylic acids is 1. The minimum absolute atomic E-state index is 0.536. The Morgan fingerprint density at radius 1 is 1.07 bits per heavy atom. The van der Waals surface area contributed by atoms with Crippen molar-refractivity contribution in [3.05, 3.63) is 54.4 Å². The molecule has 0 aliphatic carbocycles. The van der Waals surface area contributed by atoms with Gasteiger partial charge in [-0.2, -0.15) is 0 Å². The molecule has 0 N–H and O–H groups in total. The fraction of sp³-hybridized carbons (Fsp3) is 0. The molecule has 0 atom stereocenters. The van der Waals surface area contributed by atoms with Crippen LogP contribution in [-0.2, 0) is 0 Å². The predicted molar refractivity (Wildman–Crippen MR) is 56.1 cm³/mol. The van der Waals surface area contributed by atoms with Crippen LogP contribution in [0.3, 0.4) is 0 Å². The van der Waals surface area contributed by atoms with Gasteiger partial charge in [-0.25, -0.2) is 0 Å². The second kappa shape index (κ2) is 4.37. The molecule has 3 nitrogen and oxygen atoms in total. The molecule has 1 heterocycles. The van der Waals surface area contributed by atoms with Gasteiger partial charge in [0.1, 0.15) is 11.5 Å². The van der Waals surface area contributed by atoms with E-state index in [2.05, 4.69) is 4.98 Å². The number of pyridine rings is 1. The largest absolute Gasteiger partial charge is 0.457 e. The molecule has 2 aromatic rings. The molecule has 0 amide bonds. The number of para-hydroxylation sites is 1. The standard InChI is InChI=1S/C12H9NO2/c14-9-10-3-1-2-4-12(10)15-11-5-7-13-8-6-11/h1-9H. The Hall–Kier alpha value is -2.16. The molecule has 0 fully saturated rings. The molecule has 0 saturated heterocycles. The van der Waals surface area contributed by atoms with Crippen molar-refractivity contribution in [2.24, 2.45) is 0 Å². The normalized spacial score (nSPS) is 9.60. The Morgan fingerprint density at radius 3 is 2.53 bits per heavy atom. The zero-order valence-electron chi connectivity index (χ0n) is 7.96. The molecule has 1 aromatic heterocycles. The Morgan fingerprint density at radius 2 is 1.80 bits per heavy atom. The lowest BCUT2D eigenvalue weighted by Gasteiger charge is -2.06. The van der Waals surface area contributed by atoms with Gasteiger partial charge in [0, 0.05) is 12.4 Å². The zero-order chi connectivity index (χ0) is 10.5. The molecule has 0 aliphatic heterocycles. The molecule has 0 aliphatic rings. The zero-order valence-corrected chi connectivity index (χ0v) is 7.96. The molecule has 1 aromatic carbocycles. The third-order valence-electron chi connectivity index (χ3n) is 1.92. The van der Waals surface area contributed by atoms with Crippen LogP contribution in [0.25, 0.3) is 0 Å². The van der Waals surface area contributed by atoms with Crippen LogP contribution < -0.4 is 4.74 Å². The van der Waals surface area contributed by atoms with E-state index in [-0.39, 0.29) is 0 Å². The van der Waals surface area contributed by atoms with Crippen molar-refractivity contribution < 1.29 is 9.53 Å². The molecule has 0 saturated carbocycles. The summed E-state index contributed by atoms with van der Waals surface area (Å²) in [6.07, 6.45) is 4.05. The molecule has 15 heavy (non-hydrogen) atoms. The van der Waals surface area contributed by atoms with Gasteiger partial charge in [-0.05, 0) is 24.3 Å². The van der Waals surface area contributed by atoms with Gasteiger partial charge in [-0.3, -0.25) is 9.78 Å². The Labute approximate surface area is 87.3 Å². The summed E-state index contributed by atoms with van der Waals surface area (Å²) in [5, 5.41) is 0. The number of hydrogen-bond acceptors (Lipinski definition) is 3. The van der Waals surface area contributed by atoms with Crippen molar-refractivity contribution in [1.29, 1.82) is 0 Å². The second-order valence-corrected chi connectivity index (χ2v) is 2.94. The lowest BCUT2D eigenvalue weighted by atomic mass is 10.2. The summed E-state index contributed by atoms with van der Waals surface area (Å²) < 4.78 is 5.53. The Kier molecular flexibility index (Phi) is 2.74.